The van der Waals surface area contributed by atoms with Crippen LogP contribution < -0.4 is 0 Å². The molecule has 0 unspecified atom stereocenters. The fourth-order valence-corrected chi connectivity index (χ4v) is 5.11. The van der Waals surface area contributed by atoms with E-state index in [0.29, 0.717) is 32.6 Å². The molecule has 2 heterocycles. The van der Waals surface area contributed by atoms with Gasteiger partial charge in [0, 0.05) is 23.3 Å². The molecule has 244 valence electrons. The topological polar surface area (TPSA) is 208 Å². The third-order valence-electron chi connectivity index (χ3n) is 7.39. The number of hydrogen-bond acceptors (Lipinski definition) is 10. The molecule has 0 N–H and O–H groups in total. The van der Waals surface area contributed by atoms with Crippen LogP contribution >= 0.6 is 0 Å². The number of nitro benzene ring substituents is 4. The zero-order valence-corrected chi connectivity index (χ0v) is 24.5. The molecule has 0 saturated carbocycles. The molecule has 6 aromatic rings. The van der Waals surface area contributed by atoms with E-state index in [-0.39, 0.29) is 11.4 Å². The van der Waals surface area contributed by atoms with Crippen molar-refractivity contribution >= 4 is 22.7 Å². The maximum absolute atomic E-state index is 17.2. The van der Waals surface area contributed by atoms with Crippen molar-refractivity contribution in [2.75, 3.05) is 0 Å². The number of alkyl halides is 2. The summed E-state index contributed by atoms with van der Waals surface area (Å²) in [5.74, 6) is -4.20. The Morgan fingerprint density at radius 3 is 1.20 bits per heavy atom. The highest BCUT2D eigenvalue weighted by molar-refractivity contribution is 5.66. The quantitative estimate of drug-likeness (QED) is 0.106. The second-order valence-corrected chi connectivity index (χ2v) is 10.3. The van der Waals surface area contributed by atoms with Gasteiger partial charge in [0.1, 0.15) is 22.8 Å². The summed E-state index contributed by atoms with van der Waals surface area (Å²) in [6, 6.07) is 22.7. The molecular formula is C31H18F2N8O8. The largest absolute Gasteiger partial charge is 0.331 e. The highest BCUT2D eigenvalue weighted by Gasteiger charge is 2.44. The van der Waals surface area contributed by atoms with E-state index in [1.165, 1.54) is 0 Å². The molecule has 2 aromatic heterocycles. The molecule has 0 radical (unpaired) electrons. The van der Waals surface area contributed by atoms with E-state index < -0.39 is 71.1 Å². The lowest BCUT2D eigenvalue weighted by molar-refractivity contribution is -0.394. The Balaban J connectivity index is 1.66. The lowest BCUT2D eigenvalue weighted by atomic mass is 10.1. The van der Waals surface area contributed by atoms with Crippen molar-refractivity contribution < 1.29 is 28.5 Å². The van der Waals surface area contributed by atoms with Gasteiger partial charge in [-0.1, -0.05) is 60.7 Å². The molecule has 49 heavy (non-hydrogen) atoms. The van der Waals surface area contributed by atoms with Gasteiger partial charge in [-0.05, 0) is 24.3 Å². The molecule has 18 heteroatoms. The predicted octanol–water partition coefficient (Wildman–Crippen LogP) is 7.16. The van der Waals surface area contributed by atoms with E-state index in [0.717, 1.165) is 36.4 Å². The van der Waals surface area contributed by atoms with Crippen LogP contribution in [-0.4, -0.2) is 39.3 Å². The molecule has 4 aromatic carbocycles. The van der Waals surface area contributed by atoms with Crippen molar-refractivity contribution in [2.24, 2.45) is 0 Å². The van der Waals surface area contributed by atoms with E-state index in [1.54, 1.807) is 60.7 Å². The maximum atomic E-state index is 17.2. The molecular weight excluding hydrogens is 650 g/mol. The molecule has 0 aliphatic carbocycles. The van der Waals surface area contributed by atoms with Gasteiger partial charge in [-0.15, -0.1) is 0 Å². The van der Waals surface area contributed by atoms with E-state index >= 15 is 8.78 Å². The predicted molar refractivity (Wildman–Crippen MR) is 168 cm³/mol. The number of nitro groups is 4. The molecule has 0 atom stereocenters. The Kier molecular flexibility index (Phi) is 7.88. The first kappa shape index (κ1) is 31.7. The molecule has 0 saturated heterocycles. The fourth-order valence-electron chi connectivity index (χ4n) is 5.11. The zero-order valence-electron chi connectivity index (χ0n) is 24.5. The lowest BCUT2D eigenvalue weighted by Gasteiger charge is -2.19. The second kappa shape index (κ2) is 12.2. The minimum atomic E-state index is -4.20. The zero-order chi connectivity index (χ0) is 35.0. The summed E-state index contributed by atoms with van der Waals surface area (Å²) in [6.45, 7) is 0. The van der Waals surface area contributed by atoms with Crippen molar-refractivity contribution in [1.82, 2.24) is 19.6 Å². The van der Waals surface area contributed by atoms with Crippen LogP contribution in [0.4, 0.5) is 31.5 Å². The Hall–Kier alpha value is -7.24. The van der Waals surface area contributed by atoms with Crippen molar-refractivity contribution in [3.8, 4) is 33.9 Å². The summed E-state index contributed by atoms with van der Waals surface area (Å²) in [5.41, 5.74) is -5.59. The second-order valence-electron chi connectivity index (χ2n) is 10.3. The van der Waals surface area contributed by atoms with Gasteiger partial charge in [0.2, 0.25) is 0 Å². The summed E-state index contributed by atoms with van der Waals surface area (Å²) in [4.78, 5) is 43.2. The van der Waals surface area contributed by atoms with Gasteiger partial charge in [0.15, 0.2) is 0 Å². The van der Waals surface area contributed by atoms with Crippen molar-refractivity contribution in [3.63, 3.8) is 0 Å². The first-order valence-corrected chi connectivity index (χ1v) is 13.9. The molecule has 16 nitrogen and oxygen atoms in total. The number of nitrogens with zero attached hydrogens (tertiary/aromatic N) is 8. The van der Waals surface area contributed by atoms with Crippen molar-refractivity contribution in [1.29, 1.82) is 0 Å². The van der Waals surface area contributed by atoms with E-state index in [9.17, 15) is 40.5 Å². The van der Waals surface area contributed by atoms with Crippen LogP contribution in [0.15, 0.2) is 109 Å². The number of rotatable bonds is 10. The van der Waals surface area contributed by atoms with Crippen LogP contribution in [0.5, 0.6) is 0 Å². The van der Waals surface area contributed by atoms with Gasteiger partial charge >= 0.3 is 17.3 Å². The Morgan fingerprint density at radius 2 is 0.878 bits per heavy atom. The average Bonchev–Trinajstić information content (AvgIpc) is 3.75. The van der Waals surface area contributed by atoms with Crippen LogP contribution in [0.1, 0.15) is 11.4 Å². The highest BCUT2D eigenvalue weighted by Crippen LogP contribution is 2.43. The summed E-state index contributed by atoms with van der Waals surface area (Å²) in [6.07, 6.45) is 0. The first-order valence-electron chi connectivity index (χ1n) is 13.9. The molecule has 0 spiro atoms. The number of benzene rings is 4. The Morgan fingerprint density at radius 1 is 0.510 bits per heavy atom. The van der Waals surface area contributed by atoms with Crippen LogP contribution in [0.2, 0.25) is 0 Å². The average molecular weight is 669 g/mol. The van der Waals surface area contributed by atoms with Gasteiger partial charge in [-0.3, -0.25) is 40.5 Å². The molecule has 0 bridgehead atoms. The van der Waals surface area contributed by atoms with Crippen LogP contribution in [0, 0.1) is 40.5 Å². The third-order valence-corrected chi connectivity index (χ3v) is 7.39. The minimum absolute atomic E-state index is 0.0569. The minimum Gasteiger partial charge on any atom is -0.258 e. The SMILES string of the molecule is O=[N+]([O-])c1ccc(-n2nc(-c3ccccc3)cc2C(F)(F)c2cc(-c3ccccc3)nn2-c2ccc([N+](=O)[O-])cc2[N+](=O)[O-])c([N+](=O)[O-])c1. The fraction of sp³-hybridized carbons (Fsp3) is 0.0323. The van der Waals surface area contributed by atoms with Gasteiger partial charge in [0.05, 0.1) is 43.2 Å². The monoisotopic (exact) mass is 668 g/mol. The summed E-state index contributed by atoms with van der Waals surface area (Å²) in [5, 5.41) is 55.5. The van der Waals surface area contributed by atoms with Crippen LogP contribution in [0.3, 0.4) is 0 Å². The number of hydrogen-bond donors (Lipinski definition) is 0. The standard InChI is InChI=1S/C31H18F2N8O8/c32-31(33,29-17-23(19-7-3-1-4-8-19)34-36(29)25-13-11-21(38(42)43)15-27(25)40(46)47)30-18-24(20-9-5-2-6-10-20)35-37(30)26-14-12-22(39(44)45)16-28(26)41(48)49/h1-18H. The first-order chi connectivity index (χ1) is 23.4. The summed E-state index contributed by atoms with van der Waals surface area (Å²) >= 11 is 0. The van der Waals surface area contributed by atoms with Gasteiger partial charge in [0.25, 0.3) is 11.4 Å². The molecule has 0 amide bonds. The molecule has 6 rings (SSSR count). The molecule has 0 fully saturated rings. The molecule has 0 aliphatic heterocycles. The van der Waals surface area contributed by atoms with E-state index in [2.05, 4.69) is 10.2 Å². The van der Waals surface area contributed by atoms with Crippen LogP contribution in [0.25, 0.3) is 33.9 Å². The van der Waals surface area contributed by atoms with Crippen molar-refractivity contribution in [2.45, 2.75) is 5.92 Å². The number of halogens is 2. The summed E-state index contributed by atoms with van der Waals surface area (Å²) in [7, 11) is 0. The third kappa shape index (κ3) is 5.80. The van der Waals surface area contributed by atoms with Gasteiger partial charge in [-0.25, -0.2) is 9.36 Å². The Labute approximate surface area is 271 Å². The van der Waals surface area contributed by atoms with Crippen molar-refractivity contribution in [3.05, 3.63) is 161 Å². The number of non-ortho nitro benzene ring substituents is 2. The normalized spacial score (nSPS) is 11.3. The summed E-state index contributed by atoms with van der Waals surface area (Å²) < 4.78 is 35.6. The smallest absolute Gasteiger partial charge is 0.258 e. The Bertz CT molecular complexity index is 2130. The van der Waals surface area contributed by atoms with E-state index in [4.69, 9.17) is 0 Å². The highest BCUT2D eigenvalue weighted by atomic mass is 19.3. The van der Waals surface area contributed by atoms with Crippen LogP contribution in [-0.2, 0) is 5.92 Å². The maximum Gasteiger partial charge on any atom is 0.331 e. The lowest BCUT2D eigenvalue weighted by Crippen LogP contribution is -2.24. The van der Waals surface area contributed by atoms with E-state index in [1.807, 2.05) is 0 Å². The number of aromatic nitrogens is 4. The van der Waals surface area contributed by atoms with Gasteiger partial charge < -0.3 is 0 Å². The molecule has 0 aliphatic rings. The van der Waals surface area contributed by atoms with Gasteiger partial charge in [-0.2, -0.15) is 19.0 Å².